The van der Waals surface area contributed by atoms with E-state index in [0.717, 1.165) is 5.57 Å². The Kier molecular flexibility index (Phi) is 4.09. The Morgan fingerprint density at radius 1 is 1.40 bits per heavy atom. The highest BCUT2D eigenvalue weighted by Gasteiger charge is 2.23. The van der Waals surface area contributed by atoms with Crippen LogP contribution in [0.4, 0.5) is 5.95 Å². The van der Waals surface area contributed by atoms with E-state index in [9.17, 15) is 0 Å². The minimum atomic E-state index is -0.260. The second-order valence-electron chi connectivity index (χ2n) is 5.47. The third-order valence-corrected chi connectivity index (χ3v) is 3.20. The minimum absolute atomic E-state index is 0.0356. The molecule has 1 atom stereocenters. The summed E-state index contributed by atoms with van der Waals surface area (Å²) in [5, 5.41) is 4.10. The van der Waals surface area contributed by atoms with Gasteiger partial charge in [-0.2, -0.15) is 4.98 Å². The molecule has 1 aromatic heterocycles. The van der Waals surface area contributed by atoms with Gasteiger partial charge in [-0.15, -0.1) is 5.10 Å². The number of ether oxygens (including phenoxy) is 1. The largest absolute Gasteiger partial charge is 0.366 e. The van der Waals surface area contributed by atoms with E-state index >= 15 is 0 Å². The summed E-state index contributed by atoms with van der Waals surface area (Å²) in [5.74, 6) is 0.981. The van der Waals surface area contributed by atoms with E-state index in [-0.39, 0.29) is 17.5 Å². The first-order chi connectivity index (χ1) is 9.43. The zero-order chi connectivity index (χ0) is 14.8. The van der Waals surface area contributed by atoms with Crippen molar-refractivity contribution in [3.8, 4) is 0 Å². The van der Waals surface area contributed by atoms with Crippen LogP contribution >= 0.6 is 0 Å². The van der Waals surface area contributed by atoms with Crippen LogP contribution in [0.1, 0.15) is 32.7 Å². The highest BCUT2D eigenvalue weighted by molar-refractivity contribution is 5.36. The normalized spacial score (nSPS) is 18.7. The van der Waals surface area contributed by atoms with Crippen molar-refractivity contribution in [2.45, 2.75) is 26.9 Å². The molecule has 1 heterocycles. The Labute approximate surface area is 119 Å². The maximum atomic E-state index is 5.85. The number of nitrogens with two attached hydrogens (primary N) is 1. The van der Waals surface area contributed by atoms with Crippen molar-refractivity contribution in [2.75, 3.05) is 12.3 Å². The second-order valence-corrected chi connectivity index (χ2v) is 5.47. The highest BCUT2D eigenvalue weighted by atomic mass is 16.5. The van der Waals surface area contributed by atoms with Crippen molar-refractivity contribution in [1.29, 1.82) is 0 Å². The van der Waals surface area contributed by atoms with E-state index in [1.807, 2.05) is 14.0 Å². The SMILES string of the molecule is CCOC(C1=CC=CC(C)(C)C=C1)c1nc(N)nn1C. The van der Waals surface area contributed by atoms with Gasteiger partial charge in [0.1, 0.15) is 6.10 Å². The maximum absolute atomic E-state index is 5.85. The van der Waals surface area contributed by atoms with Gasteiger partial charge in [0.05, 0.1) is 0 Å². The van der Waals surface area contributed by atoms with Gasteiger partial charge in [-0.3, -0.25) is 0 Å². The van der Waals surface area contributed by atoms with Gasteiger partial charge >= 0.3 is 0 Å². The molecule has 2 rings (SSSR count). The van der Waals surface area contributed by atoms with E-state index in [1.54, 1.807) is 4.68 Å². The van der Waals surface area contributed by atoms with E-state index in [0.29, 0.717) is 12.4 Å². The van der Waals surface area contributed by atoms with E-state index in [1.165, 1.54) is 0 Å². The molecule has 2 N–H and O–H groups in total. The van der Waals surface area contributed by atoms with Crippen molar-refractivity contribution in [1.82, 2.24) is 14.8 Å². The molecule has 0 amide bonds. The highest BCUT2D eigenvalue weighted by Crippen LogP contribution is 2.30. The van der Waals surface area contributed by atoms with Gasteiger partial charge in [0, 0.05) is 19.1 Å². The number of aromatic nitrogens is 3. The standard InChI is InChI=1S/C15H22N4O/c1-5-20-12(13-17-14(16)18-19(13)4)11-7-6-9-15(2,3)10-8-11/h6-10,12H,5H2,1-4H3,(H2,16,18). The third-order valence-electron chi connectivity index (χ3n) is 3.20. The van der Waals surface area contributed by atoms with Crippen molar-refractivity contribution in [3.63, 3.8) is 0 Å². The average molecular weight is 274 g/mol. The molecule has 108 valence electrons. The molecule has 1 aromatic rings. The summed E-state index contributed by atoms with van der Waals surface area (Å²) >= 11 is 0. The average Bonchev–Trinajstić information content (AvgIpc) is 2.58. The van der Waals surface area contributed by atoms with Crippen LogP contribution in [0.5, 0.6) is 0 Å². The molecular formula is C15H22N4O. The molecule has 5 nitrogen and oxygen atoms in total. The summed E-state index contributed by atoms with van der Waals surface area (Å²) in [6.07, 6.45) is 10.3. The van der Waals surface area contributed by atoms with Crippen molar-refractivity contribution in [2.24, 2.45) is 12.5 Å². The fraction of sp³-hybridized carbons (Fsp3) is 0.467. The van der Waals surface area contributed by atoms with E-state index < -0.39 is 0 Å². The topological polar surface area (TPSA) is 66.0 Å². The zero-order valence-corrected chi connectivity index (χ0v) is 12.5. The summed E-state index contributed by atoms with van der Waals surface area (Å²) in [6.45, 7) is 6.88. The number of hydrogen-bond donors (Lipinski definition) is 1. The fourth-order valence-corrected chi connectivity index (χ4v) is 2.14. The van der Waals surface area contributed by atoms with Gasteiger partial charge in [-0.05, 0) is 12.5 Å². The Bertz CT molecular complexity index is 566. The quantitative estimate of drug-likeness (QED) is 0.916. The van der Waals surface area contributed by atoms with Crippen LogP contribution < -0.4 is 5.73 Å². The molecule has 0 aliphatic heterocycles. The number of anilines is 1. The van der Waals surface area contributed by atoms with Crippen LogP contribution in [0, 0.1) is 5.41 Å². The Hall–Kier alpha value is -1.88. The third kappa shape index (κ3) is 3.17. The van der Waals surface area contributed by atoms with Gasteiger partial charge < -0.3 is 10.5 Å². The first-order valence-electron chi connectivity index (χ1n) is 6.79. The molecule has 0 spiro atoms. The summed E-state index contributed by atoms with van der Waals surface area (Å²) in [7, 11) is 1.82. The molecule has 0 radical (unpaired) electrons. The summed E-state index contributed by atoms with van der Waals surface area (Å²) in [5.41, 5.74) is 6.75. The molecule has 0 fully saturated rings. The fourth-order valence-electron chi connectivity index (χ4n) is 2.14. The van der Waals surface area contributed by atoms with Gasteiger partial charge in [0.2, 0.25) is 5.95 Å². The van der Waals surface area contributed by atoms with E-state index in [4.69, 9.17) is 10.5 Å². The maximum Gasteiger partial charge on any atom is 0.239 e. The smallest absolute Gasteiger partial charge is 0.239 e. The molecular weight excluding hydrogens is 252 g/mol. The number of nitrogen functional groups attached to an aromatic ring is 1. The molecule has 0 saturated heterocycles. The molecule has 1 unspecified atom stereocenters. The first kappa shape index (κ1) is 14.5. The zero-order valence-electron chi connectivity index (χ0n) is 12.5. The van der Waals surface area contributed by atoms with Crippen molar-refractivity contribution < 1.29 is 4.74 Å². The van der Waals surface area contributed by atoms with Crippen LogP contribution in [0.3, 0.4) is 0 Å². The number of nitrogens with zero attached hydrogens (tertiary/aromatic N) is 3. The lowest BCUT2D eigenvalue weighted by Crippen LogP contribution is -2.13. The Balaban J connectivity index is 2.37. The lowest BCUT2D eigenvalue weighted by Gasteiger charge is -2.17. The second kappa shape index (κ2) is 5.63. The number of rotatable bonds is 4. The number of hydrogen-bond acceptors (Lipinski definition) is 4. The molecule has 1 aliphatic rings. The van der Waals surface area contributed by atoms with Crippen LogP contribution in [-0.2, 0) is 11.8 Å². The van der Waals surface area contributed by atoms with Gasteiger partial charge in [-0.1, -0.05) is 44.2 Å². The Morgan fingerprint density at radius 3 is 2.75 bits per heavy atom. The molecule has 20 heavy (non-hydrogen) atoms. The first-order valence-corrected chi connectivity index (χ1v) is 6.79. The van der Waals surface area contributed by atoms with Crippen LogP contribution in [-0.4, -0.2) is 21.4 Å². The predicted octanol–water partition coefficient (Wildman–Crippen LogP) is 2.55. The predicted molar refractivity (Wildman–Crippen MR) is 79.9 cm³/mol. The summed E-state index contributed by atoms with van der Waals surface area (Å²) in [6, 6.07) is 0. The molecule has 5 heteroatoms. The number of allylic oxidation sites excluding steroid dienone is 4. The Morgan fingerprint density at radius 2 is 2.15 bits per heavy atom. The number of aryl methyl sites for hydroxylation is 1. The van der Waals surface area contributed by atoms with Gasteiger partial charge in [0.25, 0.3) is 0 Å². The monoisotopic (exact) mass is 274 g/mol. The van der Waals surface area contributed by atoms with Gasteiger partial charge in [0.15, 0.2) is 5.82 Å². The molecule has 1 aliphatic carbocycles. The van der Waals surface area contributed by atoms with Crippen LogP contribution in [0.2, 0.25) is 0 Å². The lowest BCUT2D eigenvalue weighted by molar-refractivity contribution is 0.0820. The van der Waals surface area contributed by atoms with Crippen LogP contribution in [0.15, 0.2) is 36.0 Å². The molecule has 0 saturated carbocycles. The van der Waals surface area contributed by atoms with Gasteiger partial charge in [-0.25, -0.2) is 4.68 Å². The van der Waals surface area contributed by atoms with Crippen molar-refractivity contribution in [3.05, 3.63) is 41.8 Å². The lowest BCUT2D eigenvalue weighted by atomic mass is 9.93. The van der Waals surface area contributed by atoms with E-state index in [2.05, 4.69) is 54.3 Å². The molecule has 0 bridgehead atoms. The van der Waals surface area contributed by atoms with Crippen LogP contribution in [0.25, 0.3) is 0 Å². The minimum Gasteiger partial charge on any atom is -0.366 e. The summed E-state index contributed by atoms with van der Waals surface area (Å²) in [4.78, 5) is 4.28. The summed E-state index contributed by atoms with van der Waals surface area (Å²) < 4.78 is 7.52. The van der Waals surface area contributed by atoms with Crippen molar-refractivity contribution >= 4 is 5.95 Å². The molecule has 0 aromatic carbocycles.